The van der Waals surface area contributed by atoms with E-state index >= 15 is 0 Å². The number of halogens is 1. The molecule has 3 heteroatoms. The average Bonchev–Trinajstić information content (AvgIpc) is 2.33. The van der Waals surface area contributed by atoms with Crippen LogP contribution in [0, 0.1) is 0 Å². The highest BCUT2D eigenvalue weighted by molar-refractivity contribution is 6.31. The molecule has 0 saturated heterocycles. The first-order chi connectivity index (χ1) is 4.86. The van der Waals surface area contributed by atoms with Gasteiger partial charge >= 0.3 is 0 Å². The molecule has 0 aromatic rings. The maximum atomic E-state index is 5.75. The van der Waals surface area contributed by atoms with Crippen LogP contribution < -0.4 is 5.32 Å². The zero-order valence-corrected chi connectivity index (χ0v) is 6.05. The van der Waals surface area contributed by atoms with Crippen LogP contribution in [0.5, 0.6) is 0 Å². The first-order valence-corrected chi connectivity index (χ1v) is 3.50. The van der Waals surface area contributed by atoms with Crippen molar-refractivity contribution >= 4 is 11.6 Å². The summed E-state index contributed by atoms with van der Waals surface area (Å²) >= 11 is 5.75. The van der Waals surface area contributed by atoms with Gasteiger partial charge in [0.1, 0.15) is 6.17 Å². The van der Waals surface area contributed by atoms with E-state index in [0.29, 0.717) is 0 Å². The molecule has 0 saturated carbocycles. The van der Waals surface area contributed by atoms with Crippen molar-refractivity contribution in [1.29, 1.82) is 0 Å². The Morgan fingerprint density at radius 3 is 3.40 bits per heavy atom. The summed E-state index contributed by atoms with van der Waals surface area (Å²) in [5, 5.41) is 3.90. The van der Waals surface area contributed by atoms with Gasteiger partial charge in [-0.2, -0.15) is 0 Å². The molecule has 52 valence electrons. The molecule has 1 unspecified atom stereocenters. The number of rotatable bonds is 0. The Morgan fingerprint density at radius 2 is 2.50 bits per heavy atom. The second kappa shape index (κ2) is 2.06. The van der Waals surface area contributed by atoms with E-state index in [1.165, 1.54) is 0 Å². The van der Waals surface area contributed by atoms with Crippen LogP contribution in [0.2, 0.25) is 0 Å². The summed E-state index contributed by atoms with van der Waals surface area (Å²) in [6.45, 7) is 0. The fourth-order valence-corrected chi connectivity index (χ4v) is 1.24. The monoisotopic (exact) mass is 154 g/mol. The van der Waals surface area contributed by atoms with Gasteiger partial charge in [-0.3, -0.25) is 0 Å². The van der Waals surface area contributed by atoms with Gasteiger partial charge in [0.05, 0.1) is 5.03 Å². The zero-order valence-electron chi connectivity index (χ0n) is 5.29. The standard InChI is InChI=1S/C7H7ClN2/c8-6-1-2-7-9-3-4-10(7)5-6/h1-5,7,9H. The predicted molar refractivity (Wildman–Crippen MR) is 41.0 cm³/mol. The number of hydrogen-bond acceptors (Lipinski definition) is 2. The molecule has 1 N–H and O–H groups in total. The molecule has 0 aromatic carbocycles. The highest BCUT2D eigenvalue weighted by atomic mass is 35.5. The van der Waals surface area contributed by atoms with Crippen molar-refractivity contribution in [2.75, 3.05) is 0 Å². The topological polar surface area (TPSA) is 15.3 Å². The van der Waals surface area contributed by atoms with E-state index in [1.54, 1.807) is 0 Å². The van der Waals surface area contributed by atoms with Gasteiger partial charge in [-0.15, -0.1) is 0 Å². The highest BCUT2D eigenvalue weighted by Gasteiger charge is 2.15. The second-order valence-electron chi connectivity index (χ2n) is 2.25. The maximum absolute atomic E-state index is 5.75. The minimum Gasteiger partial charge on any atom is -0.366 e. The van der Waals surface area contributed by atoms with Crippen molar-refractivity contribution in [1.82, 2.24) is 10.2 Å². The minimum absolute atomic E-state index is 0.280. The maximum Gasteiger partial charge on any atom is 0.122 e. The lowest BCUT2D eigenvalue weighted by atomic mass is 10.3. The molecule has 0 aromatic heterocycles. The third kappa shape index (κ3) is 0.809. The Morgan fingerprint density at radius 1 is 1.60 bits per heavy atom. The Bertz CT molecular complexity index is 230. The average molecular weight is 155 g/mol. The van der Waals surface area contributed by atoms with Crippen molar-refractivity contribution in [3.8, 4) is 0 Å². The third-order valence-electron chi connectivity index (χ3n) is 1.54. The molecular formula is C7H7ClN2. The molecule has 0 fully saturated rings. The fourth-order valence-electron chi connectivity index (χ4n) is 1.05. The lowest BCUT2D eigenvalue weighted by Crippen LogP contribution is -2.31. The van der Waals surface area contributed by atoms with Crippen LogP contribution in [0.25, 0.3) is 0 Å². The lowest BCUT2D eigenvalue weighted by molar-refractivity contribution is 0.425. The van der Waals surface area contributed by atoms with E-state index in [1.807, 2.05) is 35.7 Å². The zero-order chi connectivity index (χ0) is 6.97. The van der Waals surface area contributed by atoms with Gasteiger partial charge in [-0.25, -0.2) is 0 Å². The van der Waals surface area contributed by atoms with Crippen LogP contribution in [0.15, 0.2) is 35.8 Å². The Kier molecular flexibility index (Phi) is 1.21. The summed E-state index contributed by atoms with van der Waals surface area (Å²) in [7, 11) is 0. The second-order valence-corrected chi connectivity index (χ2v) is 2.68. The van der Waals surface area contributed by atoms with Crippen molar-refractivity contribution in [2.45, 2.75) is 6.17 Å². The number of nitrogens with one attached hydrogen (secondary N) is 1. The Labute approximate surface area is 64.5 Å². The largest absolute Gasteiger partial charge is 0.366 e. The van der Waals surface area contributed by atoms with Gasteiger partial charge in [0.2, 0.25) is 0 Å². The van der Waals surface area contributed by atoms with Crippen LogP contribution >= 0.6 is 11.6 Å². The van der Waals surface area contributed by atoms with Crippen LogP contribution in [0.3, 0.4) is 0 Å². The molecule has 2 nitrogen and oxygen atoms in total. The molecule has 0 amide bonds. The van der Waals surface area contributed by atoms with Crippen LogP contribution in [-0.4, -0.2) is 11.1 Å². The highest BCUT2D eigenvalue weighted by Crippen LogP contribution is 2.17. The first-order valence-electron chi connectivity index (χ1n) is 3.12. The summed E-state index contributed by atoms with van der Waals surface area (Å²) < 4.78 is 0. The van der Waals surface area contributed by atoms with Gasteiger partial charge in [-0.1, -0.05) is 11.6 Å². The van der Waals surface area contributed by atoms with Gasteiger partial charge in [-0.05, 0) is 12.2 Å². The smallest absolute Gasteiger partial charge is 0.122 e. The van der Waals surface area contributed by atoms with Crippen molar-refractivity contribution in [2.24, 2.45) is 0 Å². The number of nitrogens with zero attached hydrogens (tertiary/aromatic N) is 1. The molecule has 0 bridgehead atoms. The molecule has 2 aliphatic heterocycles. The van der Waals surface area contributed by atoms with Gasteiger partial charge < -0.3 is 10.2 Å². The summed E-state index contributed by atoms with van der Waals surface area (Å²) in [5.74, 6) is 0. The molecule has 2 aliphatic rings. The quantitative estimate of drug-likeness (QED) is 0.567. The van der Waals surface area contributed by atoms with E-state index in [0.717, 1.165) is 5.03 Å². The molecule has 2 rings (SSSR count). The first kappa shape index (κ1) is 5.86. The van der Waals surface area contributed by atoms with Crippen LogP contribution in [0.1, 0.15) is 0 Å². The van der Waals surface area contributed by atoms with E-state index in [4.69, 9.17) is 11.6 Å². The third-order valence-corrected chi connectivity index (χ3v) is 1.77. The normalized spacial score (nSPS) is 27.9. The van der Waals surface area contributed by atoms with Gasteiger partial charge in [0.25, 0.3) is 0 Å². The molecule has 0 radical (unpaired) electrons. The van der Waals surface area contributed by atoms with E-state index < -0.39 is 0 Å². The van der Waals surface area contributed by atoms with Crippen molar-refractivity contribution < 1.29 is 0 Å². The van der Waals surface area contributed by atoms with Crippen molar-refractivity contribution in [3.05, 3.63) is 35.8 Å². The number of hydrogen-bond donors (Lipinski definition) is 1. The number of allylic oxidation sites excluding steroid dienone is 2. The predicted octanol–water partition coefficient (Wildman–Crippen LogP) is 1.34. The van der Waals surface area contributed by atoms with E-state index in [2.05, 4.69) is 5.32 Å². The minimum atomic E-state index is 0.280. The molecule has 2 heterocycles. The van der Waals surface area contributed by atoms with E-state index in [-0.39, 0.29) is 6.17 Å². The van der Waals surface area contributed by atoms with Crippen molar-refractivity contribution in [3.63, 3.8) is 0 Å². The van der Waals surface area contributed by atoms with Gasteiger partial charge in [0, 0.05) is 18.6 Å². The SMILES string of the molecule is ClC1=CN2C=CNC2C=C1. The number of fused-ring (bicyclic) bond motifs is 1. The molecule has 10 heavy (non-hydrogen) atoms. The van der Waals surface area contributed by atoms with E-state index in [9.17, 15) is 0 Å². The molecule has 0 aliphatic carbocycles. The molecular weight excluding hydrogens is 148 g/mol. The Hall–Kier alpha value is -0.890. The summed E-state index contributed by atoms with van der Waals surface area (Å²) in [6.07, 6.45) is 9.94. The lowest BCUT2D eigenvalue weighted by Gasteiger charge is -2.21. The summed E-state index contributed by atoms with van der Waals surface area (Å²) in [6, 6.07) is 0. The molecule has 1 atom stereocenters. The Balaban J connectivity index is 2.26. The summed E-state index contributed by atoms with van der Waals surface area (Å²) in [4.78, 5) is 2.02. The van der Waals surface area contributed by atoms with Crippen LogP contribution in [-0.2, 0) is 0 Å². The fraction of sp³-hybridized carbons (Fsp3) is 0.143. The van der Waals surface area contributed by atoms with Crippen LogP contribution in [0.4, 0.5) is 0 Å². The summed E-state index contributed by atoms with van der Waals surface area (Å²) in [5.41, 5.74) is 0. The molecule has 0 spiro atoms. The van der Waals surface area contributed by atoms with Gasteiger partial charge in [0.15, 0.2) is 0 Å².